The molecule has 0 radical (unpaired) electrons. The summed E-state index contributed by atoms with van der Waals surface area (Å²) in [6.45, 7) is 0.755. The molecule has 1 aromatic carbocycles. The second kappa shape index (κ2) is 7.97. The lowest BCUT2D eigenvalue weighted by Gasteiger charge is -2.05. The Labute approximate surface area is 104 Å². The van der Waals surface area contributed by atoms with Crippen LogP contribution in [0.1, 0.15) is 5.56 Å². The number of hydrogen-bond donors (Lipinski definition) is 2. The van der Waals surface area contributed by atoms with E-state index in [-0.39, 0.29) is 5.91 Å². The van der Waals surface area contributed by atoms with Gasteiger partial charge in [-0.05, 0) is 12.6 Å². The smallest absolute Gasteiger partial charge is 0.233 e. The monoisotopic (exact) mass is 254 g/mol. The minimum atomic E-state index is -0.926. The highest BCUT2D eigenvalue weighted by Crippen LogP contribution is 2.02. The molecule has 1 aromatic rings. The van der Waals surface area contributed by atoms with Crippen LogP contribution in [-0.4, -0.2) is 36.0 Å². The molecule has 0 aliphatic rings. The molecule has 0 spiro atoms. The zero-order valence-corrected chi connectivity index (χ0v) is 10.8. The van der Waals surface area contributed by atoms with Crippen molar-refractivity contribution in [1.82, 2.24) is 10.6 Å². The molecule has 0 bridgehead atoms. The molecule has 0 aliphatic carbocycles. The Hall–Kier alpha value is -1.20. The van der Waals surface area contributed by atoms with Gasteiger partial charge in [0.05, 0.1) is 6.54 Å². The van der Waals surface area contributed by atoms with Crippen LogP contribution >= 0.6 is 0 Å². The molecule has 0 heterocycles. The Morgan fingerprint density at radius 1 is 1.29 bits per heavy atom. The van der Waals surface area contributed by atoms with Crippen LogP contribution < -0.4 is 10.6 Å². The minimum Gasteiger partial charge on any atom is -0.354 e. The molecule has 2 N–H and O–H groups in total. The van der Waals surface area contributed by atoms with Crippen molar-refractivity contribution >= 4 is 16.7 Å². The SMILES string of the molecule is CNCC(=O)NCCS(=O)Cc1ccccc1. The van der Waals surface area contributed by atoms with Crippen molar-refractivity contribution in [3.05, 3.63) is 35.9 Å². The third kappa shape index (κ3) is 6.19. The molecule has 0 saturated carbocycles. The van der Waals surface area contributed by atoms with E-state index in [0.717, 1.165) is 5.56 Å². The summed E-state index contributed by atoms with van der Waals surface area (Å²) in [6.07, 6.45) is 0. The summed E-state index contributed by atoms with van der Waals surface area (Å²) in [5.41, 5.74) is 1.06. The molecule has 1 amide bonds. The molecule has 1 atom stereocenters. The highest BCUT2D eigenvalue weighted by molar-refractivity contribution is 7.84. The Kier molecular flexibility index (Phi) is 6.50. The summed E-state index contributed by atoms with van der Waals surface area (Å²) in [7, 11) is 0.789. The van der Waals surface area contributed by atoms with E-state index in [1.807, 2.05) is 30.3 Å². The molecule has 0 aromatic heterocycles. The summed E-state index contributed by atoms with van der Waals surface area (Å²) in [6, 6.07) is 9.71. The lowest BCUT2D eigenvalue weighted by Crippen LogP contribution is -2.34. The van der Waals surface area contributed by atoms with Crippen molar-refractivity contribution in [3.8, 4) is 0 Å². The first-order valence-corrected chi connectivity index (χ1v) is 7.01. The summed E-state index contributed by atoms with van der Waals surface area (Å²) < 4.78 is 11.7. The van der Waals surface area contributed by atoms with Gasteiger partial charge < -0.3 is 10.6 Å². The molecule has 0 aliphatic heterocycles. The minimum absolute atomic E-state index is 0.0655. The van der Waals surface area contributed by atoms with E-state index in [1.54, 1.807) is 7.05 Å². The van der Waals surface area contributed by atoms with E-state index >= 15 is 0 Å². The van der Waals surface area contributed by atoms with Gasteiger partial charge in [-0.2, -0.15) is 0 Å². The van der Waals surface area contributed by atoms with Gasteiger partial charge in [0.2, 0.25) is 5.91 Å². The number of nitrogens with one attached hydrogen (secondary N) is 2. The first-order chi connectivity index (χ1) is 8.22. The first-order valence-electron chi connectivity index (χ1n) is 5.52. The van der Waals surface area contributed by atoms with Crippen LogP contribution in [0, 0.1) is 0 Å². The van der Waals surface area contributed by atoms with Crippen LogP contribution in [-0.2, 0) is 21.3 Å². The van der Waals surface area contributed by atoms with Crippen LogP contribution in [0.2, 0.25) is 0 Å². The summed E-state index contributed by atoms with van der Waals surface area (Å²) in [5.74, 6) is 0.969. The van der Waals surface area contributed by atoms with Gasteiger partial charge in [0.1, 0.15) is 0 Å². The second-order valence-electron chi connectivity index (χ2n) is 3.65. The molecule has 1 rings (SSSR count). The van der Waals surface area contributed by atoms with Crippen molar-refractivity contribution in [2.24, 2.45) is 0 Å². The second-order valence-corrected chi connectivity index (χ2v) is 5.23. The van der Waals surface area contributed by atoms with E-state index in [4.69, 9.17) is 0 Å². The lowest BCUT2D eigenvalue weighted by atomic mass is 10.2. The molecule has 94 valence electrons. The van der Waals surface area contributed by atoms with Gasteiger partial charge in [-0.25, -0.2) is 0 Å². The van der Waals surface area contributed by atoms with Gasteiger partial charge in [0.15, 0.2) is 0 Å². The largest absolute Gasteiger partial charge is 0.354 e. The molecule has 17 heavy (non-hydrogen) atoms. The maximum absolute atomic E-state index is 11.7. The molecule has 4 nitrogen and oxygen atoms in total. The Balaban J connectivity index is 2.20. The Morgan fingerprint density at radius 2 is 2.00 bits per heavy atom. The zero-order valence-electron chi connectivity index (χ0n) is 9.94. The number of carbonyl (C=O) groups is 1. The number of carbonyl (C=O) groups excluding carboxylic acids is 1. The molecule has 5 heteroatoms. The topological polar surface area (TPSA) is 58.2 Å². The number of hydrogen-bond acceptors (Lipinski definition) is 3. The van der Waals surface area contributed by atoms with Gasteiger partial charge >= 0.3 is 0 Å². The van der Waals surface area contributed by atoms with Gasteiger partial charge in [-0.1, -0.05) is 30.3 Å². The average molecular weight is 254 g/mol. The lowest BCUT2D eigenvalue weighted by molar-refractivity contribution is -0.120. The van der Waals surface area contributed by atoms with Crippen molar-refractivity contribution in [1.29, 1.82) is 0 Å². The molecule has 0 saturated heterocycles. The normalized spacial score (nSPS) is 12.1. The zero-order chi connectivity index (χ0) is 12.5. The molecule has 1 unspecified atom stereocenters. The van der Waals surface area contributed by atoms with Crippen LogP contribution in [0.25, 0.3) is 0 Å². The fourth-order valence-corrected chi connectivity index (χ4v) is 2.40. The van der Waals surface area contributed by atoms with Crippen LogP contribution in [0.5, 0.6) is 0 Å². The third-order valence-corrected chi connectivity index (χ3v) is 3.47. The van der Waals surface area contributed by atoms with Crippen LogP contribution in [0.3, 0.4) is 0 Å². The third-order valence-electron chi connectivity index (χ3n) is 2.16. The van der Waals surface area contributed by atoms with E-state index in [1.165, 1.54) is 0 Å². The maximum atomic E-state index is 11.7. The maximum Gasteiger partial charge on any atom is 0.233 e. The number of benzene rings is 1. The quantitative estimate of drug-likeness (QED) is 0.734. The van der Waals surface area contributed by atoms with Crippen LogP contribution in [0.15, 0.2) is 30.3 Å². The predicted molar refractivity (Wildman–Crippen MR) is 70.1 cm³/mol. The van der Waals surface area contributed by atoms with E-state index in [9.17, 15) is 9.00 Å². The van der Waals surface area contributed by atoms with E-state index in [2.05, 4.69) is 10.6 Å². The van der Waals surface area contributed by atoms with Crippen molar-refractivity contribution in [3.63, 3.8) is 0 Å². The van der Waals surface area contributed by atoms with Crippen molar-refractivity contribution in [2.75, 3.05) is 25.9 Å². The van der Waals surface area contributed by atoms with Gasteiger partial charge in [-0.3, -0.25) is 9.00 Å². The highest BCUT2D eigenvalue weighted by atomic mass is 32.2. The number of amides is 1. The van der Waals surface area contributed by atoms with Crippen LogP contribution in [0.4, 0.5) is 0 Å². The van der Waals surface area contributed by atoms with Crippen molar-refractivity contribution in [2.45, 2.75) is 5.75 Å². The fourth-order valence-electron chi connectivity index (χ4n) is 1.36. The Morgan fingerprint density at radius 3 is 2.65 bits per heavy atom. The average Bonchev–Trinajstić information content (AvgIpc) is 2.30. The summed E-state index contributed by atoms with van der Waals surface area (Å²) >= 11 is 0. The van der Waals surface area contributed by atoms with Gasteiger partial charge in [0.25, 0.3) is 0 Å². The molecular formula is C12H18N2O2S. The Bertz CT molecular complexity index is 368. The number of likely N-dealkylation sites (N-methyl/N-ethyl adjacent to an activating group) is 1. The number of rotatable bonds is 7. The first kappa shape index (κ1) is 13.9. The van der Waals surface area contributed by atoms with Crippen molar-refractivity contribution < 1.29 is 9.00 Å². The standard InChI is InChI=1S/C12H18N2O2S/c1-13-9-12(15)14-7-8-17(16)10-11-5-3-2-4-6-11/h2-6,13H,7-10H2,1H3,(H,14,15). The summed E-state index contributed by atoms with van der Waals surface area (Å²) in [5, 5.41) is 5.46. The van der Waals surface area contributed by atoms with Gasteiger partial charge in [0, 0.05) is 28.9 Å². The summed E-state index contributed by atoms with van der Waals surface area (Å²) in [4.78, 5) is 11.1. The van der Waals surface area contributed by atoms with Gasteiger partial charge in [-0.15, -0.1) is 0 Å². The van der Waals surface area contributed by atoms with E-state index in [0.29, 0.717) is 24.6 Å². The molecule has 0 fully saturated rings. The highest BCUT2D eigenvalue weighted by Gasteiger charge is 2.03. The van der Waals surface area contributed by atoms with E-state index < -0.39 is 10.8 Å². The fraction of sp³-hybridized carbons (Fsp3) is 0.417. The predicted octanol–water partition coefficient (Wildman–Crippen LogP) is 0.271. The molecular weight excluding hydrogens is 236 g/mol.